The molecule has 1 aromatic heterocycles. The SMILES string of the molecule is O=C(CCCOc1ccccc1)NC1C2CN(c3ncc(C(=O)NO)cn3)CC21. The fourth-order valence-corrected chi connectivity index (χ4v) is 3.77. The summed E-state index contributed by atoms with van der Waals surface area (Å²) in [7, 11) is 0. The number of ether oxygens (including phenoxy) is 1. The molecule has 1 aromatic carbocycles. The number of benzene rings is 1. The van der Waals surface area contributed by atoms with Crippen LogP contribution in [-0.2, 0) is 4.79 Å². The highest BCUT2D eigenvalue weighted by molar-refractivity contribution is 5.92. The average Bonchev–Trinajstić information content (AvgIpc) is 3.19. The number of aromatic nitrogens is 2. The molecule has 2 atom stereocenters. The third kappa shape index (κ3) is 4.45. The minimum atomic E-state index is -0.641. The average molecular weight is 397 g/mol. The first kappa shape index (κ1) is 19.1. The largest absolute Gasteiger partial charge is 0.494 e. The highest BCUT2D eigenvalue weighted by Crippen LogP contribution is 2.46. The lowest BCUT2D eigenvalue weighted by molar-refractivity contribution is -0.121. The number of carbonyl (C=O) groups is 2. The molecule has 9 heteroatoms. The van der Waals surface area contributed by atoms with Crippen molar-refractivity contribution in [3.63, 3.8) is 0 Å². The summed E-state index contributed by atoms with van der Waals surface area (Å²) in [6.07, 6.45) is 3.89. The van der Waals surface area contributed by atoms with Crippen LogP contribution in [-0.4, -0.2) is 52.7 Å². The zero-order valence-electron chi connectivity index (χ0n) is 15.8. The number of anilines is 1. The maximum Gasteiger partial charge on any atom is 0.277 e. The topological polar surface area (TPSA) is 117 Å². The van der Waals surface area contributed by atoms with E-state index in [2.05, 4.69) is 15.3 Å². The lowest BCUT2D eigenvalue weighted by atomic mass is 10.3. The van der Waals surface area contributed by atoms with Crippen molar-refractivity contribution < 1.29 is 19.5 Å². The zero-order chi connectivity index (χ0) is 20.2. The number of hydrogen-bond donors (Lipinski definition) is 3. The standard InChI is InChI=1S/C20H23N5O4/c26-17(7-4-8-29-14-5-2-1-3-6-14)23-18-15-11-25(12-16(15)18)20-21-9-13(10-22-20)19(27)24-28/h1-3,5-6,9-10,15-16,18,28H,4,7-8,11-12H2,(H,23,26)(H,24,27). The number of piperidine rings is 1. The number of carbonyl (C=O) groups excluding carboxylic acids is 2. The molecule has 1 saturated carbocycles. The summed E-state index contributed by atoms with van der Waals surface area (Å²) in [6.45, 7) is 2.07. The lowest BCUT2D eigenvalue weighted by Gasteiger charge is -2.20. The first-order chi connectivity index (χ1) is 14.2. The number of para-hydroxylation sites is 1. The quantitative estimate of drug-likeness (QED) is 0.346. The second-order valence-electron chi connectivity index (χ2n) is 7.30. The molecule has 3 N–H and O–H groups in total. The molecule has 0 bridgehead atoms. The number of hydrogen-bond acceptors (Lipinski definition) is 7. The van der Waals surface area contributed by atoms with Crippen molar-refractivity contribution in [3.05, 3.63) is 48.3 Å². The van der Waals surface area contributed by atoms with Gasteiger partial charge in [-0.25, -0.2) is 15.4 Å². The Kier molecular flexibility index (Phi) is 5.57. The maximum absolute atomic E-state index is 12.2. The monoisotopic (exact) mass is 397 g/mol. The predicted molar refractivity (Wildman–Crippen MR) is 104 cm³/mol. The van der Waals surface area contributed by atoms with Crippen LogP contribution < -0.4 is 20.4 Å². The van der Waals surface area contributed by atoms with Crippen LogP contribution in [0.3, 0.4) is 0 Å². The molecule has 1 aliphatic heterocycles. The summed E-state index contributed by atoms with van der Waals surface area (Å²) >= 11 is 0. The van der Waals surface area contributed by atoms with E-state index in [1.165, 1.54) is 12.4 Å². The van der Waals surface area contributed by atoms with Crippen molar-refractivity contribution in [1.29, 1.82) is 0 Å². The first-order valence-corrected chi connectivity index (χ1v) is 9.64. The van der Waals surface area contributed by atoms with E-state index in [1.807, 2.05) is 35.2 Å². The molecule has 1 aliphatic carbocycles. The van der Waals surface area contributed by atoms with Gasteiger partial charge < -0.3 is 15.0 Å². The molecule has 4 rings (SSSR count). The number of hydroxylamine groups is 1. The second-order valence-corrected chi connectivity index (χ2v) is 7.30. The predicted octanol–water partition coefficient (Wildman–Crippen LogP) is 1.01. The molecule has 0 spiro atoms. The van der Waals surface area contributed by atoms with E-state index in [4.69, 9.17) is 9.94 Å². The normalized spacial score (nSPS) is 22.0. The number of nitrogens with zero attached hydrogens (tertiary/aromatic N) is 3. The lowest BCUT2D eigenvalue weighted by Crippen LogP contribution is -2.35. The van der Waals surface area contributed by atoms with Crippen LogP contribution in [0.1, 0.15) is 23.2 Å². The minimum absolute atomic E-state index is 0.0585. The molecule has 29 heavy (non-hydrogen) atoms. The second kappa shape index (κ2) is 8.44. The van der Waals surface area contributed by atoms with Gasteiger partial charge in [-0.15, -0.1) is 0 Å². The number of rotatable bonds is 8. The highest BCUT2D eigenvalue weighted by Gasteiger charge is 2.56. The van der Waals surface area contributed by atoms with Gasteiger partial charge in [-0.2, -0.15) is 0 Å². The van der Waals surface area contributed by atoms with Gasteiger partial charge >= 0.3 is 0 Å². The fourth-order valence-electron chi connectivity index (χ4n) is 3.77. The van der Waals surface area contributed by atoms with Gasteiger partial charge in [-0.1, -0.05) is 18.2 Å². The fraction of sp³-hybridized carbons (Fsp3) is 0.400. The summed E-state index contributed by atoms with van der Waals surface area (Å²) in [6, 6.07) is 9.79. The van der Waals surface area contributed by atoms with E-state index >= 15 is 0 Å². The molecule has 2 aromatic rings. The number of amides is 2. The molecular weight excluding hydrogens is 374 g/mol. The van der Waals surface area contributed by atoms with Crippen LogP contribution in [0.2, 0.25) is 0 Å². The molecule has 2 heterocycles. The van der Waals surface area contributed by atoms with E-state index < -0.39 is 5.91 Å². The van der Waals surface area contributed by atoms with Gasteiger partial charge in [0, 0.05) is 49.8 Å². The molecule has 2 fully saturated rings. The van der Waals surface area contributed by atoms with Gasteiger partial charge in [0.05, 0.1) is 12.2 Å². The Balaban J connectivity index is 1.16. The summed E-state index contributed by atoms with van der Waals surface area (Å²) in [5.74, 6) is 1.60. The van der Waals surface area contributed by atoms with Crippen molar-refractivity contribution in [1.82, 2.24) is 20.8 Å². The van der Waals surface area contributed by atoms with Gasteiger partial charge in [0.15, 0.2) is 0 Å². The minimum Gasteiger partial charge on any atom is -0.494 e. The van der Waals surface area contributed by atoms with Crippen LogP contribution in [0.25, 0.3) is 0 Å². The van der Waals surface area contributed by atoms with Crippen LogP contribution in [0.5, 0.6) is 5.75 Å². The Morgan fingerprint density at radius 2 is 1.83 bits per heavy atom. The summed E-state index contributed by atoms with van der Waals surface area (Å²) < 4.78 is 5.61. The molecule has 9 nitrogen and oxygen atoms in total. The Morgan fingerprint density at radius 3 is 2.48 bits per heavy atom. The van der Waals surface area contributed by atoms with Crippen LogP contribution in [0.4, 0.5) is 5.95 Å². The number of fused-ring (bicyclic) bond motifs is 1. The first-order valence-electron chi connectivity index (χ1n) is 9.64. The van der Waals surface area contributed by atoms with E-state index in [0.29, 0.717) is 37.2 Å². The van der Waals surface area contributed by atoms with Crippen LogP contribution in [0, 0.1) is 11.8 Å². The summed E-state index contributed by atoms with van der Waals surface area (Å²) in [4.78, 5) is 33.9. The molecule has 1 saturated heterocycles. The van der Waals surface area contributed by atoms with E-state index in [-0.39, 0.29) is 17.5 Å². The summed E-state index contributed by atoms with van der Waals surface area (Å²) in [5.41, 5.74) is 1.75. The van der Waals surface area contributed by atoms with Crippen molar-refractivity contribution >= 4 is 17.8 Å². The van der Waals surface area contributed by atoms with Crippen molar-refractivity contribution in [2.75, 3.05) is 24.6 Å². The molecule has 2 amide bonds. The molecule has 0 radical (unpaired) electrons. The third-order valence-electron chi connectivity index (χ3n) is 5.37. The smallest absolute Gasteiger partial charge is 0.277 e. The Hall–Kier alpha value is -3.20. The molecule has 152 valence electrons. The Labute approximate surface area is 168 Å². The van der Waals surface area contributed by atoms with Gasteiger partial charge in [-0.05, 0) is 18.6 Å². The van der Waals surface area contributed by atoms with Gasteiger partial charge in [0.25, 0.3) is 5.91 Å². The van der Waals surface area contributed by atoms with Crippen molar-refractivity contribution in [3.8, 4) is 5.75 Å². The molecule has 2 aliphatic rings. The van der Waals surface area contributed by atoms with Crippen molar-refractivity contribution in [2.45, 2.75) is 18.9 Å². The van der Waals surface area contributed by atoms with Crippen LogP contribution in [0.15, 0.2) is 42.7 Å². The summed E-state index contributed by atoms with van der Waals surface area (Å²) in [5, 5.41) is 11.7. The van der Waals surface area contributed by atoms with E-state index in [1.54, 1.807) is 5.48 Å². The third-order valence-corrected chi connectivity index (χ3v) is 5.37. The van der Waals surface area contributed by atoms with Gasteiger partial charge in [-0.3, -0.25) is 14.8 Å². The van der Waals surface area contributed by atoms with Crippen LogP contribution >= 0.6 is 0 Å². The van der Waals surface area contributed by atoms with Gasteiger partial charge in [0.2, 0.25) is 11.9 Å². The van der Waals surface area contributed by atoms with E-state index in [9.17, 15) is 9.59 Å². The Morgan fingerprint density at radius 1 is 1.14 bits per heavy atom. The molecule has 2 unspecified atom stereocenters. The molecular formula is C20H23N5O4. The van der Waals surface area contributed by atoms with E-state index in [0.717, 1.165) is 18.8 Å². The maximum atomic E-state index is 12.2. The van der Waals surface area contributed by atoms with Crippen molar-refractivity contribution in [2.24, 2.45) is 11.8 Å². The van der Waals surface area contributed by atoms with Gasteiger partial charge in [0.1, 0.15) is 5.75 Å². The Bertz CT molecular complexity index is 849. The zero-order valence-corrected chi connectivity index (χ0v) is 15.8. The number of nitrogens with one attached hydrogen (secondary N) is 2. The highest BCUT2D eigenvalue weighted by atomic mass is 16.5.